The van der Waals surface area contributed by atoms with Crippen molar-refractivity contribution in [2.75, 3.05) is 0 Å². The smallest absolute Gasteiger partial charge is 0.180 e. The van der Waals surface area contributed by atoms with Gasteiger partial charge >= 0.3 is 0 Å². The topological polar surface area (TPSA) is 43.1 Å². The van der Waals surface area contributed by atoms with Gasteiger partial charge in [-0.2, -0.15) is 11.3 Å². The van der Waals surface area contributed by atoms with Gasteiger partial charge in [0.2, 0.25) is 0 Å². The summed E-state index contributed by atoms with van der Waals surface area (Å²) in [6, 6.07) is 1.48. The number of thiophene rings is 1. The zero-order valence-electron chi connectivity index (χ0n) is 7.99. The van der Waals surface area contributed by atoms with Crippen molar-refractivity contribution in [3.63, 3.8) is 0 Å². The summed E-state index contributed by atoms with van der Waals surface area (Å²) in [6.07, 6.45) is 0.942. The van der Waals surface area contributed by atoms with Crippen molar-refractivity contribution in [2.45, 2.75) is 26.3 Å². The van der Waals surface area contributed by atoms with Crippen molar-refractivity contribution in [2.24, 2.45) is 11.7 Å². The molecule has 0 aliphatic carbocycles. The highest BCUT2D eigenvalue weighted by molar-refractivity contribution is 7.08. The first-order chi connectivity index (χ1) is 6.16. The van der Waals surface area contributed by atoms with Crippen molar-refractivity contribution in [3.05, 3.63) is 22.4 Å². The standard InChI is InChI=1S/C10H15NOS/c1-3-7(2)9(11)10(12)8-4-5-13-6-8/h4-7,9H,3,11H2,1-2H3. The lowest BCUT2D eigenvalue weighted by Gasteiger charge is -2.15. The summed E-state index contributed by atoms with van der Waals surface area (Å²) in [5.74, 6) is 0.322. The molecule has 0 amide bonds. The molecule has 1 heterocycles. The summed E-state index contributed by atoms with van der Waals surface area (Å²) in [7, 11) is 0. The summed E-state index contributed by atoms with van der Waals surface area (Å²) in [5, 5.41) is 3.75. The molecule has 0 bridgehead atoms. The second-order valence-electron chi connectivity index (χ2n) is 3.29. The minimum absolute atomic E-state index is 0.0654. The van der Waals surface area contributed by atoms with Gasteiger partial charge in [0, 0.05) is 10.9 Å². The number of rotatable bonds is 4. The van der Waals surface area contributed by atoms with Crippen LogP contribution in [0.25, 0.3) is 0 Å². The van der Waals surface area contributed by atoms with Crippen LogP contribution in [0.4, 0.5) is 0 Å². The normalized spacial score (nSPS) is 15.3. The first-order valence-electron chi connectivity index (χ1n) is 4.48. The molecule has 2 nitrogen and oxygen atoms in total. The molecule has 1 aromatic rings. The largest absolute Gasteiger partial charge is 0.321 e. The van der Waals surface area contributed by atoms with Crippen molar-refractivity contribution >= 4 is 17.1 Å². The van der Waals surface area contributed by atoms with Gasteiger partial charge in [-0.1, -0.05) is 20.3 Å². The zero-order valence-corrected chi connectivity index (χ0v) is 8.80. The van der Waals surface area contributed by atoms with Crippen molar-refractivity contribution in [1.82, 2.24) is 0 Å². The number of carbonyl (C=O) groups excluding carboxylic acids is 1. The fourth-order valence-electron chi connectivity index (χ4n) is 1.11. The fraction of sp³-hybridized carbons (Fsp3) is 0.500. The predicted octanol–water partition coefficient (Wildman–Crippen LogP) is 2.30. The van der Waals surface area contributed by atoms with Gasteiger partial charge in [0.25, 0.3) is 0 Å². The monoisotopic (exact) mass is 197 g/mol. The average Bonchev–Trinajstić information content (AvgIpc) is 2.67. The molecule has 0 aliphatic heterocycles. The van der Waals surface area contributed by atoms with Crippen LogP contribution >= 0.6 is 11.3 Å². The molecule has 13 heavy (non-hydrogen) atoms. The van der Waals surface area contributed by atoms with Crippen LogP contribution in [0.5, 0.6) is 0 Å². The Morgan fingerprint density at radius 2 is 2.38 bits per heavy atom. The lowest BCUT2D eigenvalue weighted by molar-refractivity contribution is 0.0935. The summed E-state index contributed by atoms with van der Waals surface area (Å²) in [6.45, 7) is 4.06. The number of hydrogen-bond donors (Lipinski definition) is 1. The Morgan fingerprint density at radius 3 is 2.85 bits per heavy atom. The molecule has 0 saturated heterocycles. The molecule has 1 rings (SSSR count). The van der Waals surface area contributed by atoms with Crippen LogP contribution in [0.3, 0.4) is 0 Å². The first kappa shape index (κ1) is 10.4. The third kappa shape index (κ3) is 2.39. The number of Topliss-reactive ketones (excluding diaryl/α,β-unsaturated/α-hetero) is 1. The Kier molecular flexibility index (Phi) is 3.63. The lowest BCUT2D eigenvalue weighted by Crippen LogP contribution is -2.36. The molecule has 3 heteroatoms. The Bertz CT molecular complexity index is 268. The van der Waals surface area contributed by atoms with Crippen molar-refractivity contribution in [1.29, 1.82) is 0 Å². The highest BCUT2D eigenvalue weighted by atomic mass is 32.1. The highest BCUT2D eigenvalue weighted by Crippen LogP contribution is 2.13. The molecule has 72 valence electrons. The van der Waals surface area contributed by atoms with Gasteiger partial charge in [-0.15, -0.1) is 0 Å². The van der Waals surface area contributed by atoms with Crippen LogP contribution in [0.15, 0.2) is 16.8 Å². The number of nitrogens with two attached hydrogens (primary N) is 1. The van der Waals surface area contributed by atoms with Gasteiger partial charge in [-0.05, 0) is 17.4 Å². The van der Waals surface area contributed by atoms with E-state index in [1.165, 1.54) is 11.3 Å². The summed E-state index contributed by atoms with van der Waals surface area (Å²) < 4.78 is 0. The number of ketones is 1. The van der Waals surface area contributed by atoms with Crippen LogP contribution in [0, 0.1) is 5.92 Å². The molecule has 1 aromatic heterocycles. The quantitative estimate of drug-likeness (QED) is 0.753. The van der Waals surface area contributed by atoms with Gasteiger partial charge in [0.1, 0.15) is 0 Å². The molecule has 2 unspecified atom stereocenters. The highest BCUT2D eigenvalue weighted by Gasteiger charge is 2.20. The molecular weight excluding hydrogens is 182 g/mol. The molecule has 0 radical (unpaired) electrons. The minimum atomic E-state index is -0.348. The van der Waals surface area contributed by atoms with E-state index in [4.69, 9.17) is 5.73 Å². The summed E-state index contributed by atoms with van der Waals surface area (Å²) in [5.41, 5.74) is 6.57. The Morgan fingerprint density at radius 1 is 1.69 bits per heavy atom. The first-order valence-corrected chi connectivity index (χ1v) is 5.43. The van der Waals surface area contributed by atoms with E-state index in [2.05, 4.69) is 0 Å². The zero-order chi connectivity index (χ0) is 9.84. The third-order valence-corrected chi connectivity index (χ3v) is 3.05. The van der Waals surface area contributed by atoms with Gasteiger partial charge < -0.3 is 5.73 Å². The molecule has 0 spiro atoms. The summed E-state index contributed by atoms with van der Waals surface area (Å²) in [4.78, 5) is 11.7. The van der Waals surface area contributed by atoms with Gasteiger partial charge in [-0.25, -0.2) is 0 Å². The lowest BCUT2D eigenvalue weighted by atomic mass is 9.94. The van der Waals surface area contributed by atoms with Crippen molar-refractivity contribution in [3.8, 4) is 0 Å². The molecule has 2 atom stereocenters. The van der Waals surface area contributed by atoms with Gasteiger partial charge in [0.05, 0.1) is 6.04 Å². The van der Waals surface area contributed by atoms with E-state index in [-0.39, 0.29) is 17.7 Å². The maximum atomic E-state index is 11.7. The second-order valence-corrected chi connectivity index (χ2v) is 4.07. The van der Waals surface area contributed by atoms with E-state index in [1.54, 1.807) is 0 Å². The molecule has 0 aromatic carbocycles. The van der Waals surface area contributed by atoms with Gasteiger partial charge in [-0.3, -0.25) is 4.79 Å². The van der Waals surface area contributed by atoms with E-state index < -0.39 is 0 Å². The third-order valence-electron chi connectivity index (χ3n) is 2.37. The maximum absolute atomic E-state index is 11.7. The fourth-order valence-corrected chi connectivity index (χ4v) is 1.75. The van der Waals surface area contributed by atoms with E-state index in [0.717, 1.165) is 12.0 Å². The van der Waals surface area contributed by atoms with E-state index in [0.29, 0.717) is 0 Å². The summed E-state index contributed by atoms with van der Waals surface area (Å²) >= 11 is 1.53. The molecule has 0 fully saturated rings. The van der Waals surface area contributed by atoms with Gasteiger partial charge in [0.15, 0.2) is 5.78 Å². The van der Waals surface area contributed by atoms with Crippen LogP contribution < -0.4 is 5.73 Å². The predicted molar refractivity (Wildman–Crippen MR) is 56.1 cm³/mol. The van der Waals surface area contributed by atoms with E-state index >= 15 is 0 Å². The Balaban J connectivity index is 2.68. The van der Waals surface area contributed by atoms with Crippen LogP contribution in [-0.2, 0) is 0 Å². The number of hydrogen-bond acceptors (Lipinski definition) is 3. The van der Waals surface area contributed by atoms with Crippen molar-refractivity contribution < 1.29 is 4.79 Å². The Labute approximate surface area is 82.8 Å². The van der Waals surface area contributed by atoms with E-state index in [1.807, 2.05) is 30.7 Å². The molecular formula is C10H15NOS. The maximum Gasteiger partial charge on any atom is 0.180 e. The van der Waals surface area contributed by atoms with Crippen LogP contribution in [-0.4, -0.2) is 11.8 Å². The molecule has 2 N–H and O–H groups in total. The van der Waals surface area contributed by atoms with Crippen LogP contribution in [0.2, 0.25) is 0 Å². The number of carbonyl (C=O) groups is 1. The second kappa shape index (κ2) is 4.53. The van der Waals surface area contributed by atoms with Crippen LogP contribution in [0.1, 0.15) is 30.6 Å². The SMILES string of the molecule is CCC(C)C(N)C(=O)c1ccsc1. The molecule has 0 saturated carbocycles. The average molecular weight is 197 g/mol. The Hall–Kier alpha value is -0.670. The van der Waals surface area contributed by atoms with E-state index in [9.17, 15) is 4.79 Å². The molecule has 0 aliphatic rings. The minimum Gasteiger partial charge on any atom is -0.321 e.